The van der Waals surface area contributed by atoms with Crippen molar-refractivity contribution in [3.05, 3.63) is 28.8 Å². The van der Waals surface area contributed by atoms with Crippen molar-refractivity contribution in [2.45, 2.75) is 6.42 Å². The number of rotatable bonds is 3. The van der Waals surface area contributed by atoms with Gasteiger partial charge in [0.25, 0.3) is 0 Å². The Morgan fingerprint density at radius 1 is 1.54 bits per heavy atom. The molecule has 0 fully saturated rings. The van der Waals surface area contributed by atoms with Crippen molar-refractivity contribution in [1.82, 2.24) is 0 Å². The second-order valence-corrected chi connectivity index (χ2v) is 3.77. The molecule has 0 radical (unpaired) electrons. The van der Waals surface area contributed by atoms with Gasteiger partial charge in [0.2, 0.25) is 0 Å². The SMILES string of the molecule is Nc1cccc(Cl)c1C(=O)CCBr. The van der Waals surface area contributed by atoms with E-state index < -0.39 is 0 Å². The van der Waals surface area contributed by atoms with Gasteiger partial charge in [-0.1, -0.05) is 33.6 Å². The number of carbonyl (C=O) groups is 1. The van der Waals surface area contributed by atoms with E-state index in [1.165, 1.54) is 0 Å². The summed E-state index contributed by atoms with van der Waals surface area (Å²) >= 11 is 9.04. The number of Topliss-reactive ketones (excluding diaryl/α,β-unsaturated/α-hetero) is 1. The Bertz CT molecular complexity index is 307. The molecule has 1 rings (SSSR count). The third kappa shape index (κ3) is 2.45. The maximum atomic E-state index is 11.5. The lowest BCUT2D eigenvalue weighted by molar-refractivity contribution is 0.0991. The molecular weight excluding hydrogens is 253 g/mol. The van der Waals surface area contributed by atoms with Crippen LogP contribution >= 0.6 is 27.5 Å². The average Bonchev–Trinajstić information content (AvgIpc) is 2.04. The fourth-order valence-corrected chi connectivity index (χ4v) is 1.69. The Morgan fingerprint density at radius 3 is 2.77 bits per heavy atom. The molecule has 13 heavy (non-hydrogen) atoms. The highest BCUT2D eigenvalue weighted by atomic mass is 79.9. The normalized spacial score (nSPS) is 10.0. The van der Waals surface area contributed by atoms with Crippen LogP contribution in [0.4, 0.5) is 5.69 Å². The maximum absolute atomic E-state index is 11.5. The molecule has 0 aliphatic rings. The van der Waals surface area contributed by atoms with Gasteiger partial charge in [0, 0.05) is 17.4 Å². The third-order valence-corrected chi connectivity index (χ3v) is 2.36. The summed E-state index contributed by atoms with van der Waals surface area (Å²) in [7, 11) is 0. The minimum atomic E-state index is -0.0278. The van der Waals surface area contributed by atoms with E-state index in [0.717, 1.165) is 0 Å². The zero-order chi connectivity index (χ0) is 9.84. The zero-order valence-electron chi connectivity index (χ0n) is 6.89. The van der Waals surface area contributed by atoms with Gasteiger partial charge in [-0.2, -0.15) is 0 Å². The molecule has 0 unspecified atom stereocenters. The Balaban J connectivity index is 3.05. The Labute approximate surface area is 90.2 Å². The van der Waals surface area contributed by atoms with Gasteiger partial charge in [-0.15, -0.1) is 0 Å². The van der Waals surface area contributed by atoms with Gasteiger partial charge >= 0.3 is 0 Å². The summed E-state index contributed by atoms with van der Waals surface area (Å²) in [4.78, 5) is 11.5. The van der Waals surface area contributed by atoms with Gasteiger partial charge in [-0.05, 0) is 12.1 Å². The minimum absolute atomic E-state index is 0.0278. The predicted octanol–water partition coefficient (Wildman–Crippen LogP) is 2.89. The second kappa shape index (κ2) is 4.63. The number of hydrogen-bond acceptors (Lipinski definition) is 2. The summed E-state index contributed by atoms with van der Waals surface area (Å²) in [5, 5.41) is 1.04. The molecule has 0 saturated carbocycles. The van der Waals surface area contributed by atoms with Crippen LogP contribution in [-0.4, -0.2) is 11.1 Å². The van der Waals surface area contributed by atoms with Crippen LogP contribution in [0.3, 0.4) is 0 Å². The van der Waals surface area contributed by atoms with Crippen molar-refractivity contribution in [1.29, 1.82) is 0 Å². The van der Waals surface area contributed by atoms with E-state index in [4.69, 9.17) is 17.3 Å². The van der Waals surface area contributed by atoms with E-state index in [1.54, 1.807) is 18.2 Å². The minimum Gasteiger partial charge on any atom is -0.398 e. The molecule has 4 heteroatoms. The molecule has 2 nitrogen and oxygen atoms in total. The van der Waals surface area contributed by atoms with Gasteiger partial charge in [0.05, 0.1) is 10.6 Å². The summed E-state index contributed by atoms with van der Waals surface area (Å²) in [6.45, 7) is 0. The fraction of sp³-hybridized carbons (Fsp3) is 0.222. The standard InChI is InChI=1S/C9H9BrClNO/c10-5-4-8(13)9-6(11)2-1-3-7(9)12/h1-3H,4-5,12H2. The van der Waals surface area contributed by atoms with Crippen molar-refractivity contribution in [2.75, 3.05) is 11.1 Å². The Kier molecular flexibility index (Phi) is 3.75. The first-order valence-electron chi connectivity index (χ1n) is 3.80. The quantitative estimate of drug-likeness (QED) is 0.517. The molecule has 0 aliphatic heterocycles. The molecule has 0 saturated heterocycles. The number of ketones is 1. The van der Waals surface area contributed by atoms with E-state index in [2.05, 4.69) is 15.9 Å². The molecule has 2 N–H and O–H groups in total. The molecule has 0 aliphatic carbocycles. The van der Waals surface area contributed by atoms with Gasteiger partial charge in [0.1, 0.15) is 0 Å². The van der Waals surface area contributed by atoms with E-state index in [1.807, 2.05) is 0 Å². The van der Waals surface area contributed by atoms with Crippen LogP contribution in [0.25, 0.3) is 0 Å². The number of anilines is 1. The van der Waals surface area contributed by atoms with Crippen LogP contribution in [0.1, 0.15) is 16.8 Å². The van der Waals surface area contributed by atoms with Gasteiger partial charge in [0.15, 0.2) is 5.78 Å². The highest BCUT2D eigenvalue weighted by Gasteiger charge is 2.12. The predicted molar refractivity (Wildman–Crippen MR) is 58.6 cm³/mol. The lowest BCUT2D eigenvalue weighted by atomic mass is 10.1. The van der Waals surface area contributed by atoms with Gasteiger partial charge in [-0.25, -0.2) is 0 Å². The molecule has 0 aromatic heterocycles. The van der Waals surface area contributed by atoms with Crippen LogP contribution < -0.4 is 5.73 Å². The fourth-order valence-electron chi connectivity index (χ4n) is 1.05. The number of benzene rings is 1. The number of carbonyl (C=O) groups excluding carboxylic acids is 1. The highest BCUT2D eigenvalue weighted by molar-refractivity contribution is 9.09. The summed E-state index contributed by atoms with van der Waals surface area (Å²) in [5.41, 5.74) is 6.51. The summed E-state index contributed by atoms with van der Waals surface area (Å²) in [5.74, 6) is -0.0278. The van der Waals surface area contributed by atoms with E-state index in [-0.39, 0.29) is 5.78 Å². The molecule has 0 atom stereocenters. The summed E-state index contributed by atoms with van der Waals surface area (Å²) < 4.78 is 0. The van der Waals surface area contributed by atoms with Crippen molar-refractivity contribution in [3.63, 3.8) is 0 Å². The van der Waals surface area contributed by atoms with E-state index in [0.29, 0.717) is 28.0 Å². The van der Waals surface area contributed by atoms with E-state index >= 15 is 0 Å². The van der Waals surface area contributed by atoms with Crippen molar-refractivity contribution < 1.29 is 4.79 Å². The smallest absolute Gasteiger partial charge is 0.167 e. The Morgan fingerprint density at radius 2 is 2.23 bits per heavy atom. The number of nitrogen functional groups attached to an aromatic ring is 1. The van der Waals surface area contributed by atoms with Crippen molar-refractivity contribution in [3.8, 4) is 0 Å². The van der Waals surface area contributed by atoms with Crippen LogP contribution in [0.2, 0.25) is 5.02 Å². The Hall–Kier alpha value is -0.540. The van der Waals surface area contributed by atoms with Crippen LogP contribution in [0.5, 0.6) is 0 Å². The zero-order valence-corrected chi connectivity index (χ0v) is 9.23. The topological polar surface area (TPSA) is 43.1 Å². The van der Waals surface area contributed by atoms with Crippen molar-refractivity contribution >= 4 is 39.0 Å². The maximum Gasteiger partial charge on any atom is 0.167 e. The summed E-state index contributed by atoms with van der Waals surface area (Å²) in [6, 6.07) is 5.06. The van der Waals surface area contributed by atoms with Gasteiger partial charge < -0.3 is 5.73 Å². The molecule has 1 aromatic carbocycles. The average molecular weight is 263 g/mol. The van der Waals surface area contributed by atoms with Crippen LogP contribution in [0, 0.1) is 0 Å². The molecule has 0 heterocycles. The van der Waals surface area contributed by atoms with Crippen LogP contribution in [0.15, 0.2) is 18.2 Å². The molecule has 1 aromatic rings. The van der Waals surface area contributed by atoms with Crippen molar-refractivity contribution in [2.24, 2.45) is 0 Å². The highest BCUT2D eigenvalue weighted by Crippen LogP contribution is 2.23. The first-order valence-corrected chi connectivity index (χ1v) is 5.30. The molecular formula is C9H9BrClNO. The number of nitrogens with two attached hydrogens (primary N) is 1. The first-order chi connectivity index (χ1) is 6.16. The molecule has 0 bridgehead atoms. The van der Waals surface area contributed by atoms with E-state index in [9.17, 15) is 4.79 Å². The molecule has 70 valence electrons. The number of hydrogen-bond donors (Lipinski definition) is 1. The summed E-state index contributed by atoms with van der Waals surface area (Å²) in [6.07, 6.45) is 0.411. The lowest BCUT2D eigenvalue weighted by Crippen LogP contribution is -2.04. The largest absolute Gasteiger partial charge is 0.398 e. The number of halogens is 2. The molecule has 0 amide bonds. The monoisotopic (exact) mass is 261 g/mol. The number of alkyl halides is 1. The van der Waals surface area contributed by atoms with Crippen LogP contribution in [-0.2, 0) is 0 Å². The lowest BCUT2D eigenvalue weighted by Gasteiger charge is -2.04. The second-order valence-electron chi connectivity index (χ2n) is 2.57. The van der Waals surface area contributed by atoms with Gasteiger partial charge in [-0.3, -0.25) is 4.79 Å². The first kappa shape index (κ1) is 10.5. The molecule has 0 spiro atoms. The third-order valence-electron chi connectivity index (χ3n) is 1.65.